The zero-order valence-electron chi connectivity index (χ0n) is 11.5. The van der Waals surface area contributed by atoms with Crippen LogP contribution in [0.2, 0.25) is 0 Å². The van der Waals surface area contributed by atoms with Crippen LogP contribution in [0.15, 0.2) is 29.2 Å². The van der Waals surface area contributed by atoms with Gasteiger partial charge in [0.15, 0.2) is 0 Å². The molecule has 2 rings (SSSR count). The number of aliphatic hydroxyl groups is 1. The number of aromatic hydroxyl groups is 1. The van der Waals surface area contributed by atoms with Gasteiger partial charge in [0.2, 0.25) is 10.0 Å². The fraction of sp³-hybridized carbons (Fsp3) is 0.538. The van der Waals surface area contributed by atoms with Gasteiger partial charge in [0.05, 0.1) is 23.2 Å². The van der Waals surface area contributed by atoms with E-state index in [4.69, 9.17) is 4.74 Å². The Bertz CT molecular complexity index is 567. The summed E-state index contributed by atoms with van der Waals surface area (Å²) in [6.07, 6.45) is -0.536. The minimum absolute atomic E-state index is 0.0134. The van der Waals surface area contributed by atoms with E-state index in [1.165, 1.54) is 28.6 Å². The van der Waals surface area contributed by atoms with E-state index in [1.54, 1.807) is 13.8 Å². The normalized spacial score (nSPS) is 23.6. The quantitative estimate of drug-likeness (QED) is 0.851. The Balaban J connectivity index is 2.31. The van der Waals surface area contributed by atoms with Gasteiger partial charge < -0.3 is 14.9 Å². The zero-order chi connectivity index (χ0) is 15.0. The second-order valence-corrected chi connectivity index (χ2v) is 7.41. The number of ether oxygens (including phenoxy) is 1. The van der Waals surface area contributed by atoms with Crippen LogP contribution in [0.1, 0.15) is 13.8 Å². The molecule has 20 heavy (non-hydrogen) atoms. The summed E-state index contributed by atoms with van der Waals surface area (Å²) in [7, 11) is -3.66. The highest BCUT2D eigenvalue weighted by atomic mass is 32.2. The van der Waals surface area contributed by atoms with Crippen molar-refractivity contribution in [3.8, 4) is 5.75 Å². The summed E-state index contributed by atoms with van der Waals surface area (Å²) in [4.78, 5) is 0.115. The van der Waals surface area contributed by atoms with Gasteiger partial charge >= 0.3 is 0 Å². The molecule has 1 aromatic rings. The molecule has 2 N–H and O–H groups in total. The van der Waals surface area contributed by atoms with Crippen LogP contribution in [0.5, 0.6) is 5.75 Å². The average Bonchev–Trinajstić information content (AvgIpc) is 2.37. The van der Waals surface area contributed by atoms with E-state index in [2.05, 4.69) is 0 Å². The van der Waals surface area contributed by atoms with Crippen LogP contribution in [-0.4, -0.2) is 54.3 Å². The zero-order valence-corrected chi connectivity index (χ0v) is 12.3. The Labute approximate surface area is 118 Å². The van der Waals surface area contributed by atoms with E-state index in [1.807, 2.05) is 0 Å². The first-order valence-electron chi connectivity index (χ1n) is 6.32. The molecule has 1 aromatic carbocycles. The van der Waals surface area contributed by atoms with E-state index in [0.717, 1.165) is 0 Å². The minimum atomic E-state index is -3.66. The highest BCUT2D eigenvalue weighted by molar-refractivity contribution is 7.89. The van der Waals surface area contributed by atoms with E-state index in [9.17, 15) is 18.6 Å². The monoisotopic (exact) mass is 301 g/mol. The molecule has 1 atom stereocenters. The van der Waals surface area contributed by atoms with Crippen LogP contribution in [0.3, 0.4) is 0 Å². The second-order valence-electron chi connectivity index (χ2n) is 5.47. The lowest BCUT2D eigenvalue weighted by molar-refractivity contribution is -0.131. The summed E-state index contributed by atoms with van der Waals surface area (Å²) < 4.78 is 32.0. The molecule has 1 aliphatic rings. The number of benzene rings is 1. The number of sulfonamides is 1. The van der Waals surface area contributed by atoms with Gasteiger partial charge in [0.25, 0.3) is 0 Å². The lowest BCUT2D eigenvalue weighted by Gasteiger charge is -2.41. The third-order valence-electron chi connectivity index (χ3n) is 3.13. The van der Waals surface area contributed by atoms with E-state index < -0.39 is 21.7 Å². The van der Waals surface area contributed by atoms with Gasteiger partial charge in [-0.25, -0.2) is 8.42 Å². The lowest BCUT2D eigenvalue weighted by atomic mass is 10.1. The topological polar surface area (TPSA) is 87.1 Å². The van der Waals surface area contributed by atoms with Crippen molar-refractivity contribution in [2.24, 2.45) is 0 Å². The van der Waals surface area contributed by atoms with Crippen LogP contribution in [0.25, 0.3) is 0 Å². The van der Waals surface area contributed by atoms with Gasteiger partial charge in [0.1, 0.15) is 5.75 Å². The number of phenols is 1. The molecule has 0 spiro atoms. The first-order chi connectivity index (χ1) is 9.24. The first kappa shape index (κ1) is 15.2. The smallest absolute Gasteiger partial charge is 0.243 e. The van der Waals surface area contributed by atoms with E-state index in [-0.39, 0.29) is 30.3 Å². The minimum Gasteiger partial charge on any atom is -0.508 e. The predicted molar refractivity (Wildman–Crippen MR) is 72.9 cm³/mol. The molecule has 7 heteroatoms. The third kappa shape index (κ3) is 3.12. The van der Waals surface area contributed by atoms with Crippen molar-refractivity contribution >= 4 is 10.0 Å². The summed E-state index contributed by atoms with van der Waals surface area (Å²) in [5, 5.41) is 18.5. The van der Waals surface area contributed by atoms with Gasteiger partial charge in [-0.15, -0.1) is 0 Å². The summed E-state index contributed by atoms with van der Waals surface area (Å²) in [5.41, 5.74) is -0.657. The van der Waals surface area contributed by atoms with Crippen molar-refractivity contribution in [3.05, 3.63) is 24.3 Å². The number of nitrogens with zero attached hydrogens (tertiary/aromatic N) is 1. The van der Waals surface area contributed by atoms with Crippen molar-refractivity contribution in [1.82, 2.24) is 4.31 Å². The second kappa shape index (κ2) is 5.33. The van der Waals surface area contributed by atoms with Crippen LogP contribution in [0, 0.1) is 0 Å². The molecule has 0 aromatic heterocycles. The van der Waals surface area contributed by atoms with Crippen LogP contribution in [0.4, 0.5) is 0 Å². The molecule has 6 nitrogen and oxygen atoms in total. The van der Waals surface area contributed by atoms with Gasteiger partial charge in [-0.05, 0) is 38.1 Å². The molecule has 0 radical (unpaired) electrons. The SMILES string of the molecule is CC1(C)CN(S(=O)(=O)c2ccc(O)cc2)CC(CO)O1. The molecular weight excluding hydrogens is 282 g/mol. The largest absolute Gasteiger partial charge is 0.508 e. The maximum Gasteiger partial charge on any atom is 0.243 e. The van der Waals surface area contributed by atoms with Gasteiger partial charge in [-0.2, -0.15) is 4.31 Å². The highest BCUT2D eigenvalue weighted by Crippen LogP contribution is 2.27. The first-order valence-corrected chi connectivity index (χ1v) is 7.76. The molecule has 0 amide bonds. The Kier molecular flexibility index (Phi) is 4.06. The van der Waals surface area contributed by atoms with Crippen molar-refractivity contribution in [2.45, 2.75) is 30.4 Å². The number of phenolic OH excluding ortho intramolecular Hbond substituents is 1. The molecule has 112 valence electrons. The highest BCUT2D eigenvalue weighted by Gasteiger charge is 2.39. The van der Waals surface area contributed by atoms with Crippen molar-refractivity contribution < 1.29 is 23.4 Å². The molecule has 0 aliphatic carbocycles. The summed E-state index contributed by atoms with van der Waals surface area (Å²) in [5.74, 6) is 0.0134. The summed E-state index contributed by atoms with van der Waals surface area (Å²) in [6.45, 7) is 3.67. The maximum absolute atomic E-state index is 12.6. The number of hydrogen-bond acceptors (Lipinski definition) is 5. The Morgan fingerprint density at radius 2 is 1.95 bits per heavy atom. The van der Waals surface area contributed by atoms with Crippen LogP contribution >= 0.6 is 0 Å². The molecule has 1 heterocycles. The average molecular weight is 301 g/mol. The number of morpholine rings is 1. The molecule has 1 aliphatic heterocycles. The lowest BCUT2D eigenvalue weighted by Crippen LogP contribution is -2.55. The van der Waals surface area contributed by atoms with E-state index >= 15 is 0 Å². The molecular formula is C13H19NO5S. The van der Waals surface area contributed by atoms with Crippen LogP contribution < -0.4 is 0 Å². The Morgan fingerprint density at radius 3 is 2.50 bits per heavy atom. The van der Waals surface area contributed by atoms with Crippen molar-refractivity contribution in [1.29, 1.82) is 0 Å². The summed E-state index contributed by atoms with van der Waals surface area (Å²) >= 11 is 0. The maximum atomic E-state index is 12.6. The fourth-order valence-electron chi connectivity index (χ4n) is 2.29. The molecule has 0 saturated carbocycles. The van der Waals surface area contributed by atoms with Gasteiger partial charge in [-0.1, -0.05) is 0 Å². The van der Waals surface area contributed by atoms with E-state index in [0.29, 0.717) is 0 Å². The molecule has 1 unspecified atom stereocenters. The summed E-state index contributed by atoms with van der Waals surface area (Å²) in [6, 6.07) is 5.40. The predicted octanol–water partition coefficient (Wildman–Crippen LogP) is 0.553. The number of hydrogen-bond donors (Lipinski definition) is 2. The third-order valence-corrected chi connectivity index (χ3v) is 4.95. The van der Waals surface area contributed by atoms with Crippen LogP contribution in [-0.2, 0) is 14.8 Å². The van der Waals surface area contributed by atoms with Crippen molar-refractivity contribution in [3.63, 3.8) is 0 Å². The number of aliphatic hydroxyl groups excluding tert-OH is 1. The van der Waals surface area contributed by atoms with Gasteiger partial charge in [0, 0.05) is 13.1 Å². The molecule has 0 bridgehead atoms. The number of rotatable bonds is 3. The Morgan fingerprint density at radius 1 is 1.35 bits per heavy atom. The van der Waals surface area contributed by atoms with Crippen molar-refractivity contribution in [2.75, 3.05) is 19.7 Å². The molecule has 1 fully saturated rings. The fourth-order valence-corrected chi connectivity index (χ4v) is 3.91. The van der Waals surface area contributed by atoms with Gasteiger partial charge in [-0.3, -0.25) is 0 Å². The standard InChI is InChI=1S/C13H19NO5S/c1-13(2)9-14(7-11(8-15)19-13)20(17,18)12-5-3-10(16)4-6-12/h3-6,11,15-16H,7-9H2,1-2H3. The Hall–Kier alpha value is -1.15. The molecule has 1 saturated heterocycles.